The largest absolute Gasteiger partial charge is 0.493 e. The fourth-order valence-electron chi connectivity index (χ4n) is 3.44. The number of thioether (sulfide) groups is 1. The van der Waals surface area contributed by atoms with E-state index in [1.807, 2.05) is 0 Å². The van der Waals surface area contributed by atoms with E-state index in [4.69, 9.17) is 30.5 Å². The predicted molar refractivity (Wildman–Crippen MR) is 131 cm³/mol. The number of imide groups is 1. The Bertz CT molecular complexity index is 1370. The number of fused-ring (bicyclic) bond motifs is 1. The molecule has 0 spiro atoms. The van der Waals surface area contributed by atoms with Crippen LogP contribution in [0.15, 0.2) is 52.7 Å². The van der Waals surface area contributed by atoms with Crippen LogP contribution in [0.5, 0.6) is 23.0 Å². The number of thiophene rings is 1. The molecule has 2 aliphatic rings. The maximum Gasteiger partial charge on any atom is 0.353 e. The van der Waals surface area contributed by atoms with Crippen LogP contribution in [0.4, 0.5) is 4.79 Å². The summed E-state index contributed by atoms with van der Waals surface area (Å²) in [5, 5.41) is 1.74. The van der Waals surface area contributed by atoms with Crippen molar-refractivity contribution in [1.29, 1.82) is 0 Å². The van der Waals surface area contributed by atoms with Crippen molar-refractivity contribution in [2.75, 3.05) is 13.9 Å². The first-order valence-corrected chi connectivity index (χ1v) is 12.3. The van der Waals surface area contributed by atoms with Gasteiger partial charge in [-0.1, -0.05) is 23.7 Å². The number of halogens is 1. The van der Waals surface area contributed by atoms with E-state index in [1.54, 1.807) is 53.9 Å². The molecule has 8 nitrogen and oxygen atoms in total. The monoisotopic (exact) mass is 529 g/mol. The number of ether oxygens (including phenoxy) is 4. The lowest BCUT2D eigenvalue weighted by Crippen LogP contribution is -2.27. The number of rotatable bonds is 6. The van der Waals surface area contributed by atoms with Gasteiger partial charge < -0.3 is 18.9 Å². The minimum Gasteiger partial charge on any atom is -0.493 e. The number of hydrogen-bond donors (Lipinski definition) is 0. The van der Waals surface area contributed by atoms with Crippen LogP contribution in [-0.4, -0.2) is 35.9 Å². The van der Waals surface area contributed by atoms with Gasteiger partial charge in [-0.05, 0) is 58.6 Å². The highest BCUT2D eigenvalue weighted by Gasteiger charge is 2.36. The number of nitrogens with zero attached hydrogens (tertiary/aromatic N) is 1. The molecule has 11 heteroatoms. The van der Waals surface area contributed by atoms with Gasteiger partial charge >= 0.3 is 5.97 Å². The molecule has 5 rings (SSSR count). The topological polar surface area (TPSA) is 91.4 Å². The molecule has 2 aromatic carbocycles. The number of esters is 1. The first kappa shape index (κ1) is 23.3. The SMILES string of the molecule is COc1cc(/C=C2\SC(=O)N(Cc3cc4c(cc3Cl)OCO4)C2=O)ccc1OC(=O)c1cccs1. The molecular weight excluding hydrogens is 514 g/mol. The molecule has 0 atom stereocenters. The first-order valence-electron chi connectivity index (χ1n) is 10.2. The third kappa shape index (κ3) is 4.72. The quantitative estimate of drug-likeness (QED) is 0.232. The summed E-state index contributed by atoms with van der Waals surface area (Å²) in [7, 11) is 1.45. The first-order chi connectivity index (χ1) is 16.9. The van der Waals surface area contributed by atoms with E-state index in [1.165, 1.54) is 18.4 Å². The lowest BCUT2D eigenvalue weighted by Gasteiger charge is -2.14. The van der Waals surface area contributed by atoms with Crippen LogP contribution in [0.3, 0.4) is 0 Å². The fourth-order valence-corrected chi connectivity index (χ4v) is 5.09. The molecule has 1 fully saturated rings. The van der Waals surface area contributed by atoms with Crippen LogP contribution in [-0.2, 0) is 11.3 Å². The number of carbonyl (C=O) groups excluding carboxylic acids is 3. The zero-order valence-electron chi connectivity index (χ0n) is 18.1. The summed E-state index contributed by atoms with van der Waals surface area (Å²) in [4.78, 5) is 39.7. The second-order valence-electron chi connectivity index (χ2n) is 7.34. The zero-order chi connectivity index (χ0) is 24.5. The summed E-state index contributed by atoms with van der Waals surface area (Å²) >= 11 is 8.41. The van der Waals surface area contributed by atoms with Crippen LogP contribution >= 0.6 is 34.7 Å². The Hall–Kier alpha value is -3.47. The van der Waals surface area contributed by atoms with Crippen LogP contribution < -0.4 is 18.9 Å². The Balaban J connectivity index is 1.34. The van der Waals surface area contributed by atoms with Crippen molar-refractivity contribution in [3.05, 3.63) is 73.8 Å². The van der Waals surface area contributed by atoms with E-state index in [2.05, 4.69) is 0 Å². The van der Waals surface area contributed by atoms with Gasteiger partial charge in [-0.15, -0.1) is 11.3 Å². The normalized spacial score (nSPS) is 15.7. The molecule has 0 bridgehead atoms. The fraction of sp³-hybridized carbons (Fsp3) is 0.125. The van der Waals surface area contributed by atoms with E-state index >= 15 is 0 Å². The van der Waals surface area contributed by atoms with E-state index in [0.717, 1.165) is 16.7 Å². The Morgan fingerprint density at radius 2 is 1.94 bits per heavy atom. The molecule has 2 amide bonds. The van der Waals surface area contributed by atoms with E-state index < -0.39 is 17.1 Å². The summed E-state index contributed by atoms with van der Waals surface area (Å²) in [6, 6.07) is 11.6. The molecular formula is C24H16ClNO7S2. The lowest BCUT2D eigenvalue weighted by molar-refractivity contribution is -0.123. The summed E-state index contributed by atoms with van der Waals surface area (Å²) in [6.45, 7) is 0.0906. The van der Waals surface area contributed by atoms with Gasteiger partial charge in [0, 0.05) is 11.1 Å². The molecule has 3 heterocycles. The molecule has 0 N–H and O–H groups in total. The molecule has 0 aliphatic carbocycles. The molecule has 0 unspecified atom stereocenters. The average Bonchev–Trinajstić information content (AvgIpc) is 3.59. The number of methoxy groups -OCH3 is 1. The number of hydrogen-bond acceptors (Lipinski definition) is 9. The summed E-state index contributed by atoms with van der Waals surface area (Å²) in [6.07, 6.45) is 1.58. The van der Waals surface area contributed by atoms with Crippen LogP contribution in [0.25, 0.3) is 6.08 Å². The summed E-state index contributed by atoms with van der Waals surface area (Å²) in [5.74, 6) is 0.656. The highest BCUT2D eigenvalue weighted by Crippen LogP contribution is 2.40. The minimum atomic E-state index is -0.491. The minimum absolute atomic E-state index is 0.00158. The Labute approximate surface area is 213 Å². The van der Waals surface area contributed by atoms with E-state index in [0.29, 0.717) is 38.3 Å². The van der Waals surface area contributed by atoms with Gasteiger partial charge in [0.2, 0.25) is 6.79 Å². The second kappa shape index (κ2) is 9.65. The summed E-state index contributed by atoms with van der Waals surface area (Å²) in [5.41, 5.74) is 1.17. The Morgan fingerprint density at radius 1 is 1.14 bits per heavy atom. The van der Waals surface area contributed by atoms with Crippen molar-refractivity contribution in [2.24, 2.45) is 0 Å². The molecule has 178 valence electrons. The van der Waals surface area contributed by atoms with Gasteiger partial charge in [-0.25, -0.2) is 4.79 Å². The van der Waals surface area contributed by atoms with Crippen molar-refractivity contribution in [1.82, 2.24) is 4.90 Å². The van der Waals surface area contributed by atoms with Crippen molar-refractivity contribution < 1.29 is 33.3 Å². The van der Waals surface area contributed by atoms with Crippen molar-refractivity contribution in [2.45, 2.75) is 6.54 Å². The van der Waals surface area contributed by atoms with Crippen molar-refractivity contribution in [3.8, 4) is 23.0 Å². The molecule has 1 aromatic heterocycles. The Kier molecular flexibility index (Phi) is 6.42. The smallest absolute Gasteiger partial charge is 0.353 e. The highest BCUT2D eigenvalue weighted by molar-refractivity contribution is 8.18. The van der Waals surface area contributed by atoms with Crippen LogP contribution in [0.1, 0.15) is 20.8 Å². The number of benzene rings is 2. The van der Waals surface area contributed by atoms with Gasteiger partial charge in [0.15, 0.2) is 23.0 Å². The molecule has 35 heavy (non-hydrogen) atoms. The number of amides is 2. The molecule has 0 radical (unpaired) electrons. The second-order valence-corrected chi connectivity index (χ2v) is 9.69. The van der Waals surface area contributed by atoms with Crippen LogP contribution in [0, 0.1) is 0 Å². The third-order valence-electron chi connectivity index (χ3n) is 5.15. The van der Waals surface area contributed by atoms with Gasteiger partial charge in [-0.3, -0.25) is 14.5 Å². The average molecular weight is 530 g/mol. The van der Waals surface area contributed by atoms with Gasteiger partial charge in [0.25, 0.3) is 11.1 Å². The number of carbonyl (C=O) groups is 3. The summed E-state index contributed by atoms with van der Waals surface area (Å²) < 4.78 is 21.4. The van der Waals surface area contributed by atoms with E-state index in [9.17, 15) is 14.4 Å². The maximum atomic E-state index is 13.0. The van der Waals surface area contributed by atoms with Crippen molar-refractivity contribution in [3.63, 3.8) is 0 Å². The van der Waals surface area contributed by atoms with Gasteiger partial charge in [0.05, 0.1) is 18.6 Å². The molecule has 2 aliphatic heterocycles. The zero-order valence-corrected chi connectivity index (χ0v) is 20.5. The van der Waals surface area contributed by atoms with Gasteiger partial charge in [-0.2, -0.15) is 0 Å². The highest BCUT2D eigenvalue weighted by atomic mass is 35.5. The molecule has 0 saturated carbocycles. The predicted octanol–water partition coefficient (Wildman–Crippen LogP) is 5.59. The Morgan fingerprint density at radius 3 is 2.69 bits per heavy atom. The van der Waals surface area contributed by atoms with Gasteiger partial charge in [0.1, 0.15) is 4.88 Å². The van der Waals surface area contributed by atoms with E-state index in [-0.39, 0.29) is 24.0 Å². The van der Waals surface area contributed by atoms with Crippen LogP contribution in [0.2, 0.25) is 5.02 Å². The lowest BCUT2D eigenvalue weighted by atomic mass is 10.1. The maximum absolute atomic E-state index is 13.0. The molecule has 1 saturated heterocycles. The third-order valence-corrected chi connectivity index (χ3v) is 7.26. The van der Waals surface area contributed by atoms with Crippen molar-refractivity contribution >= 4 is 57.9 Å². The standard InChI is InChI=1S/C24H16ClNO7S2/c1-30-17-7-13(4-5-16(17)33-23(28)20-3-2-6-34-20)8-21-22(27)26(24(29)35-21)11-14-9-18-19(10-15(14)25)32-12-31-18/h2-10H,11-12H2,1H3/b21-8-. The molecule has 3 aromatic rings.